The maximum atomic E-state index is 12.3. The number of nitrogens with zero attached hydrogens (tertiary/aromatic N) is 3. The first-order valence-corrected chi connectivity index (χ1v) is 6.01. The van der Waals surface area contributed by atoms with Crippen LogP contribution in [0.15, 0.2) is 48.7 Å². The van der Waals surface area contributed by atoms with Crippen molar-refractivity contribution in [2.45, 2.75) is 6.04 Å². The summed E-state index contributed by atoms with van der Waals surface area (Å²) >= 11 is 0. The molecule has 0 aliphatic carbocycles. The van der Waals surface area contributed by atoms with Gasteiger partial charge in [-0.05, 0) is 17.7 Å². The zero-order valence-electron chi connectivity index (χ0n) is 10.4. The summed E-state index contributed by atoms with van der Waals surface area (Å²) in [4.78, 5) is 29.5. The highest BCUT2D eigenvalue weighted by atomic mass is 16.2. The number of aromatic nitrogens is 1. The van der Waals surface area contributed by atoms with Gasteiger partial charge in [0.05, 0.1) is 11.6 Å². The minimum Gasteiger partial charge on any atom is -0.268 e. The zero-order chi connectivity index (χ0) is 14.1. The molecule has 0 radical (unpaired) electrons. The Morgan fingerprint density at radius 3 is 2.45 bits per heavy atom. The van der Waals surface area contributed by atoms with Crippen molar-refractivity contribution < 1.29 is 9.59 Å². The SMILES string of the molecule is N#CC(c1ccccc1)N1C(=O)c2cccnc2C1=O. The second kappa shape index (κ2) is 4.59. The Balaban J connectivity index is 2.06. The van der Waals surface area contributed by atoms with Gasteiger partial charge in [-0.25, -0.2) is 0 Å². The summed E-state index contributed by atoms with van der Waals surface area (Å²) in [6.07, 6.45) is 1.46. The van der Waals surface area contributed by atoms with E-state index in [4.69, 9.17) is 0 Å². The number of carbonyl (C=O) groups excluding carboxylic acids is 2. The Kier molecular flexibility index (Phi) is 2.77. The normalized spacial score (nSPS) is 14.8. The van der Waals surface area contributed by atoms with E-state index in [9.17, 15) is 14.9 Å². The predicted molar refractivity (Wildman–Crippen MR) is 69.5 cm³/mol. The largest absolute Gasteiger partial charge is 0.281 e. The fourth-order valence-electron chi connectivity index (χ4n) is 2.24. The molecule has 1 aromatic carbocycles. The van der Waals surface area contributed by atoms with E-state index >= 15 is 0 Å². The van der Waals surface area contributed by atoms with Crippen LogP contribution in [0.1, 0.15) is 32.5 Å². The molecule has 96 valence electrons. The first-order valence-electron chi connectivity index (χ1n) is 6.01. The maximum Gasteiger partial charge on any atom is 0.281 e. The van der Waals surface area contributed by atoms with Gasteiger partial charge in [0.25, 0.3) is 11.8 Å². The fourth-order valence-corrected chi connectivity index (χ4v) is 2.24. The van der Waals surface area contributed by atoms with Crippen molar-refractivity contribution in [3.8, 4) is 6.07 Å². The van der Waals surface area contributed by atoms with Crippen LogP contribution in [0.3, 0.4) is 0 Å². The molecule has 2 heterocycles. The van der Waals surface area contributed by atoms with Crippen LogP contribution in [0.25, 0.3) is 0 Å². The van der Waals surface area contributed by atoms with Gasteiger partial charge in [-0.3, -0.25) is 19.5 Å². The second-order valence-electron chi connectivity index (χ2n) is 4.32. The number of hydrogen-bond donors (Lipinski definition) is 0. The Bertz CT molecular complexity index is 699. The minimum absolute atomic E-state index is 0.105. The highest BCUT2D eigenvalue weighted by molar-refractivity contribution is 6.20. The average Bonchev–Trinajstić information content (AvgIpc) is 2.75. The van der Waals surface area contributed by atoms with Gasteiger partial charge < -0.3 is 0 Å². The van der Waals surface area contributed by atoms with Crippen LogP contribution in [0.5, 0.6) is 0 Å². The third-order valence-corrected chi connectivity index (χ3v) is 3.17. The third-order valence-electron chi connectivity index (χ3n) is 3.17. The minimum atomic E-state index is -0.939. The summed E-state index contributed by atoms with van der Waals surface area (Å²) in [6, 6.07) is 13.0. The number of imide groups is 1. The topological polar surface area (TPSA) is 74.1 Å². The van der Waals surface area contributed by atoms with Crippen LogP contribution < -0.4 is 0 Å². The lowest BCUT2D eigenvalue weighted by Gasteiger charge is -2.19. The summed E-state index contributed by atoms with van der Waals surface area (Å²) in [5.74, 6) is -1.01. The van der Waals surface area contributed by atoms with Gasteiger partial charge in [-0.1, -0.05) is 30.3 Å². The smallest absolute Gasteiger partial charge is 0.268 e. The van der Waals surface area contributed by atoms with Crippen molar-refractivity contribution in [1.29, 1.82) is 5.26 Å². The van der Waals surface area contributed by atoms with Crippen LogP contribution in [0.4, 0.5) is 0 Å². The Morgan fingerprint density at radius 1 is 1.05 bits per heavy atom. The third kappa shape index (κ3) is 1.67. The standard InChI is InChI=1S/C15H9N3O2/c16-9-12(10-5-2-1-3-6-10)18-14(19)11-7-4-8-17-13(11)15(18)20/h1-8,12H. The number of amides is 2. The Hall–Kier alpha value is -3.00. The molecule has 0 N–H and O–H groups in total. The van der Waals surface area contributed by atoms with Gasteiger partial charge in [-0.2, -0.15) is 5.26 Å². The number of hydrogen-bond acceptors (Lipinski definition) is 4. The first kappa shape index (κ1) is 12.1. The molecule has 1 aliphatic heterocycles. The summed E-state index contributed by atoms with van der Waals surface area (Å²) in [7, 11) is 0. The van der Waals surface area contributed by atoms with Gasteiger partial charge in [-0.15, -0.1) is 0 Å². The predicted octanol–water partition coefficient (Wildman–Crippen LogP) is 1.94. The van der Waals surface area contributed by atoms with E-state index in [1.54, 1.807) is 36.4 Å². The summed E-state index contributed by atoms with van der Waals surface area (Å²) in [6.45, 7) is 0. The number of carbonyl (C=O) groups is 2. The van der Waals surface area contributed by atoms with Gasteiger partial charge in [0, 0.05) is 6.20 Å². The van der Waals surface area contributed by atoms with E-state index in [1.807, 2.05) is 12.1 Å². The van der Waals surface area contributed by atoms with E-state index < -0.39 is 17.9 Å². The van der Waals surface area contributed by atoms with Crippen molar-refractivity contribution >= 4 is 11.8 Å². The van der Waals surface area contributed by atoms with Gasteiger partial charge in [0.15, 0.2) is 6.04 Å². The first-order chi connectivity index (χ1) is 9.74. The molecule has 0 fully saturated rings. The molecular weight excluding hydrogens is 254 g/mol. The molecule has 2 aromatic rings. The number of fused-ring (bicyclic) bond motifs is 1. The lowest BCUT2D eigenvalue weighted by Crippen LogP contribution is -2.33. The Labute approximate surface area is 115 Å². The molecule has 2 amide bonds. The molecule has 1 atom stereocenters. The summed E-state index contributed by atoms with van der Waals surface area (Å²) in [5.41, 5.74) is 0.951. The van der Waals surface area contributed by atoms with Crippen molar-refractivity contribution in [3.05, 3.63) is 65.5 Å². The maximum absolute atomic E-state index is 12.3. The van der Waals surface area contributed by atoms with Gasteiger partial charge in [0.1, 0.15) is 5.69 Å². The molecular formula is C15H9N3O2. The van der Waals surface area contributed by atoms with Crippen LogP contribution in [-0.4, -0.2) is 21.7 Å². The van der Waals surface area contributed by atoms with Gasteiger partial charge >= 0.3 is 0 Å². The van der Waals surface area contributed by atoms with E-state index in [0.29, 0.717) is 5.56 Å². The van der Waals surface area contributed by atoms with E-state index in [2.05, 4.69) is 4.98 Å². The molecule has 3 rings (SSSR count). The van der Waals surface area contributed by atoms with Crippen LogP contribution in [-0.2, 0) is 0 Å². The van der Waals surface area contributed by atoms with Crippen LogP contribution in [0, 0.1) is 11.3 Å². The highest BCUT2D eigenvalue weighted by Gasteiger charge is 2.41. The monoisotopic (exact) mass is 263 g/mol. The van der Waals surface area contributed by atoms with Crippen molar-refractivity contribution in [1.82, 2.24) is 9.88 Å². The number of pyridine rings is 1. The molecule has 1 aromatic heterocycles. The van der Waals surface area contributed by atoms with E-state index in [1.165, 1.54) is 6.20 Å². The van der Waals surface area contributed by atoms with Crippen molar-refractivity contribution in [2.75, 3.05) is 0 Å². The van der Waals surface area contributed by atoms with E-state index in [0.717, 1.165) is 4.90 Å². The van der Waals surface area contributed by atoms with Gasteiger partial charge in [0.2, 0.25) is 0 Å². The molecule has 20 heavy (non-hydrogen) atoms. The molecule has 5 nitrogen and oxygen atoms in total. The average molecular weight is 263 g/mol. The second-order valence-corrected chi connectivity index (χ2v) is 4.32. The quantitative estimate of drug-likeness (QED) is 0.776. The molecule has 0 saturated heterocycles. The number of benzene rings is 1. The highest BCUT2D eigenvalue weighted by Crippen LogP contribution is 2.29. The molecule has 1 unspecified atom stereocenters. The van der Waals surface area contributed by atoms with Crippen molar-refractivity contribution in [3.63, 3.8) is 0 Å². The van der Waals surface area contributed by atoms with Crippen molar-refractivity contribution in [2.24, 2.45) is 0 Å². The lowest BCUT2D eigenvalue weighted by atomic mass is 10.1. The van der Waals surface area contributed by atoms with Crippen LogP contribution >= 0.6 is 0 Å². The van der Waals surface area contributed by atoms with Crippen LogP contribution in [0.2, 0.25) is 0 Å². The van der Waals surface area contributed by atoms with E-state index in [-0.39, 0.29) is 11.3 Å². The number of nitriles is 1. The Morgan fingerprint density at radius 2 is 1.80 bits per heavy atom. The lowest BCUT2D eigenvalue weighted by molar-refractivity contribution is 0.0616. The summed E-state index contributed by atoms with van der Waals surface area (Å²) < 4.78 is 0. The summed E-state index contributed by atoms with van der Waals surface area (Å²) in [5, 5.41) is 9.34. The molecule has 0 saturated carbocycles. The molecule has 0 bridgehead atoms. The fraction of sp³-hybridized carbons (Fsp3) is 0.0667. The molecule has 5 heteroatoms. The molecule has 0 spiro atoms. The zero-order valence-corrected chi connectivity index (χ0v) is 10.4. The molecule has 1 aliphatic rings. The number of rotatable bonds is 2.